The molecule has 5 heteroatoms. The standard InChI is InChI=1S/C27H34N2O3/c1-2-25(32-22-17-16-19-10-6-7-11-20(19)18-22)27(31)29-24-15-9-8-14-23(24)26(30)28-21-12-4-3-5-13-21/h8-9,14-18,21,25H,2-7,10-13H2,1H3,(H,28,30)(H,29,31). The minimum absolute atomic E-state index is 0.128. The molecule has 2 aliphatic carbocycles. The fourth-order valence-electron chi connectivity index (χ4n) is 4.78. The zero-order chi connectivity index (χ0) is 22.3. The van der Waals surface area contributed by atoms with Gasteiger partial charge in [-0.05, 0) is 80.3 Å². The Hall–Kier alpha value is -2.82. The molecule has 1 atom stereocenters. The van der Waals surface area contributed by atoms with Gasteiger partial charge in [-0.1, -0.05) is 44.4 Å². The second-order valence-corrected chi connectivity index (χ2v) is 9.00. The van der Waals surface area contributed by atoms with E-state index in [1.54, 1.807) is 12.1 Å². The molecule has 5 nitrogen and oxygen atoms in total. The van der Waals surface area contributed by atoms with Crippen LogP contribution in [0, 0.1) is 0 Å². The summed E-state index contributed by atoms with van der Waals surface area (Å²) in [5.41, 5.74) is 3.74. The maximum atomic E-state index is 13.0. The Morgan fingerprint density at radius 1 is 0.969 bits per heavy atom. The van der Waals surface area contributed by atoms with Crippen LogP contribution in [0.15, 0.2) is 42.5 Å². The second-order valence-electron chi connectivity index (χ2n) is 9.00. The van der Waals surface area contributed by atoms with Gasteiger partial charge < -0.3 is 15.4 Å². The normalized spacial score (nSPS) is 17.2. The van der Waals surface area contributed by atoms with Gasteiger partial charge >= 0.3 is 0 Å². The van der Waals surface area contributed by atoms with Gasteiger partial charge in [0.05, 0.1) is 11.3 Å². The van der Waals surface area contributed by atoms with Gasteiger partial charge in [0.1, 0.15) is 5.75 Å². The molecule has 4 rings (SSSR count). The molecule has 0 heterocycles. The van der Waals surface area contributed by atoms with E-state index >= 15 is 0 Å². The highest BCUT2D eigenvalue weighted by atomic mass is 16.5. The van der Waals surface area contributed by atoms with Gasteiger partial charge in [-0.25, -0.2) is 0 Å². The number of benzene rings is 2. The molecule has 1 fully saturated rings. The predicted octanol–water partition coefficient (Wildman–Crippen LogP) is 5.42. The highest BCUT2D eigenvalue weighted by Gasteiger charge is 2.23. The molecule has 2 aromatic rings. The van der Waals surface area contributed by atoms with E-state index in [0.717, 1.165) is 44.3 Å². The average Bonchev–Trinajstić information content (AvgIpc) is 2.83. The van der Waals surface area contributed by atoms with Gasteiger partial charge in [-0.2, -0.15) is 0 Å². The number of carbonyl (C=O) groups excluding carboxylic acids is 2. The summed E-state index contributed by atoms with van der Waals surface area (Å²) in [5, 5.41) is 6.08. The van der Waals surface area contributed by atoms with Gasteiger partial charge in [0, 0.05) is 6.04 Å². The number of anilines is 1. The van der Waals surface area contributed by atoms with Crippen molar-refractivity contribution >= 4 is 17.5 Å². The molecule has 0 saturated heterocycles. The molecule has 0 radical (unpaired) electrons. The average molecular weight is 435 g/mol. The number of carbonyl (C=O) groups is 2. The van der Waals surface area contributed by atoms with Crippen LogP contribution in [0.1, 0.15) is 79.8 Å². The zero-order valence-electron chi connectivity index (χ0n) is 19.0. The Morgan fingerprint density at radius 3 is 2.50 bits per heavy atom. The first-order chi connectivity index (χ1) is 15.6. The van der Waals surface area contributed by atoms with Gasteiger partial charge in [-0.3, -0.25) is 9.59 Å². The maximum Gasteiger partial charge on any atom is 0.265 e. The number of fused-ring (bicyclic) bond motifs is 1. The van der Waals surface area contributed by atoms with Crippen molar-refractivity contribution < 1.29 is 14.3 Å². The van der Waals surface area contributed by atoms with E-state index in [-0.39, 0.29) is 17.9 Å². The van der Waals surface area contributed by atoms with Crippen molar-refractivity contribution in [2.45, 2.75) is 83.3 Å². The molecule has 0 aliphatic heterocycles. The van der Waals surface area contributed by atoms with Crippen LogP contribution in [0.4, 0.5) is 5.69 Å². The first-order valence-electron chi connectivity index (χ1n) is 12.1. The van der Waals surface area contributed by atoms with Crippen LogP contribution in [-0.4, -0.2) is 24.0 Å². The fourth-order valence-corrected chi connectivity index (χ4v) is 4.78. The minimum atomic E-state index is -0.619. The molecule has 0 aromatic heterocycles. The third kappa shape index (κ3) is 5.50. The Kier molecular flexibility index (Phi) is 7.46. The van der Waals surface area contributed by atoms with E-state index in [1.807, 2.05) is 25.1 Å². The summed E-state index contributed by atoms with van der Waals surface area (Å²) in [4.78, 5) is 25.9. The van der Waals surface area contributed by atoms with Crippen molar-refractivity contribution in [1.29, 1.82) is 0 Å². The highest BCUT2D eigenvalue weighted by Crippen LogP contribution is 2.27. The molecule has 0 spiro atoms. The van der Waals surface area contributed by atoms with Crippen molar-refractivity contribution in [3.63, 3.8) is 0 Å². The molecule has 2 aromatic carbocycles. The van der Waals surface area contributed by atoms with Crippen LogP contribution in [0.25, 0.3) is 0 Å². The Bertz CT molecular complexity index is 950. The molecule has 0 bridgehead atoms. The van der Waals surface area contributed by atoms with E-state index in [4.69, 9.17) is 4.74 Å². The largest absolute Gasteiger partial charge is 0.481 e. The Balaban J connectivity index is 1.42. The van der Waals surface area contributed by atoms with Gasteiger partial charge in [-0.15, -0.1) is 0 Å². The van der Waals surface area contributed by atoms with Crippen LogP contribution < -0.4 is 15.4 Å². The number of hydrogen-bond donors (Lipinski definition) is 2. The first-order valence-corrected chi connectivity index (χ1v) is 12.1. The summed E-state index contributed by atoms with van der Waals surface area (Å²) in [7, 11) is 0. The SMILES string of the molecule is CCC(Oc1ccc2c(c1)CCCC2)C(=O)Nc1ccccc1C(=O)NC1CCCCC1. The summed E-state index contributed by atoms with van der Waals surface area (Å²) >= 11 is 0. The van der Waals surface area contributed by atoms with E-state index in [2.05, 4.69) is 22.8 Å². The lowest BCUT2D eigenvalue weighted by Gasteiger charge is -2.24. The number of rotatable bonds is 7. The number of amides is 2. The lowest BCUT2D eigenvalue weighted by molar-refractivity contribution is -0.122. The molecule has 2 N–H and O–H groups in total. The highest BCUT2D eigenvalue weighted by molar-refractivity contribution is 6.04. The first kappa shape index (κ1) is 22.4. The fraction of sp³-hybridized carbons (Fsp3) is 0.481. The van der Waals surface area contributed by atoms with Crippen molar-refractivity contribution in [1.82, 2.24) is 5.32 Å². The lowest BCUT2D eigenvalue weighted by Crippen LogP contribution is -2.37. The summed E-state index contributed by atoms with van der Waals surface area (Å²) in [6.07, 6.45) is 10.1. The second kappa shape index (κ2) is 10.7. The summed E-state index contributed by atoms with van der Waals surface area (Å²) in [5.74, 6) is 0.371. The number of para-hydroxylation sites is 1. The monoisotopic (exact) mass is 434 g/mol. The van der Waals surface area contributed by atoms with E-state index in [1.165, 1.54) is 30.4 Å². The zero-order valence-corrected chi connectivity index (χ0v) is 19.0. The molecule has 32 heavy (non-hydrogen) atoms. The molecular weight excluding hydrogens is 400 g/mol. The summed E-state index contributed by atoms with van der Waals surface area (Å²) in [6.45, 7) is 1.93. The summed E-state index contributed by atoms with van der Waals surface area (Å²) in [6, 6.07) is 13.6. The molecular formula is C27H34N2O3. The van der Waals surface area contributed by atoms with E-state index in [0.29, 0.717) is 17.7 Å². The number of nitrogens with one attached hydrogen (secondary N) is 2. The van der Waals surface area contributed by atoms with Crippen molar-refractivity contribution in [2.75, 3.05) is 5.32 Å². The third-order valence-electron chi connectivity index (χ3n) is 6.63. The van der Waals surface area contributed by atoms with Crippen LogP contribution >= 0.6 is 0 Å². The minimum Gasteiger partial charge on any atom is -0.481 e. The van der Waals surface area contributed by atoms with Gasteiger partial charge in [0.15, 0.2) is 6.10 Å². The van der Waals surface area contributed by atoms with E-state index < -0.39 is 6.10 Å². The van der Waals surface area contributed by atoms with Crippen molar-refractivity contribution in [3.05, 3.63) is 59.2 Å². The van der Waals surface area contributed by atoms with Gasteiger partial charge in [0.2, 0.25) is 0 Å². The lowest BCUT2D eigenvalue weighted by atomic mass is 9.92. The molecule has 1 unspecified atom stereocenters. The van der Waals surface area contributed by atoms with Crippen LogP contribution in [0.5, 0.6) is 5.75 Å². The predicted molar refractivity (Wildman–Crippen MR) is 127 cm³/mol. The smallest absolute Gasteiger partial charge is 0.265 e. The quantitative estimate of drug-likeness (QED) is 0.611. The van der Waals surface area contributed by atoms with Crippen LogP contribution in [-0.2, 0) is 17.6 Å². The Labute approximate surface area is 190 Å². The van der Waals surface area contributed by atoms with Crippen molar-refractivity contribution in [2.24, 2.45) is 0 Å². The van der Waals surface area contributed by atoms with Crippen molar-refractivity contribution in [3.8, 4) is 5.75 Å². The molecule has 2 aliphatic rings. The Morgan fingerprint density at radius 2 is 1.72 bits per heavy atom. The number of ether oxygens (including phenoxy) is 1. The number of hydrogen-bond acceptors (Lipinski definition) is 3. The van der Waals surface area contributed by atoms with Gasteiger partial charge in [0.25, 0.3) is 11.8 Å². The van der Waals surface area contributed by atoms with Crippen LogP contribution in [0.2, 0.25) is 0 Å². The third-order valence-corrected chi connectivity index (χ3v) is 6.63. The van der Waals surface area contributed by atoms with Crippen LogP contribution in [0.3, 0.4) is 0 Å². The maximum absolute atomic E-state index is 13.0. The molecule has 1 saturated carbocycles. The van der Waals surface area contributed by atoms with E-state index in [9.17, 15) is 9.59 Å². The topological polar surface area (TPSA) is 67.4 Å². The number of aryl methyl sites for hydroxylation is 2. The molecule has 2 amide bonds. The molecule has 170 valence electrons. The summed E-state index contributed by atoms with van der Waals surface area (Å²) < 4.78 is 6.07.